The van der Waals surface area contributed by atoms with Gasteiger partial charge in [0.25, 0.3) is 0 Å². The zero-order valence-corrected chi connectivity index (χ0v) is 13.7. The monoisotopic (exact) mass is 337 g/mol. The van der Waals surface area contributed by atoms with E-state index in [1.807, 2.05) is 0 Å². The number of nitrogens with two attached hydrogens (primary N) is 1. The molecule has 0 bridgehead atoms. The Hall–Kier alpha value is -0.540. The van der Waals surface area contributed by atoms with Gasteiger partial charge in [0.2, 0.25) is 0 Å². The fraction of sp³-hybridized carbons (Fsp3) is 0.647. The van der Waals surface area contributed by atoms with Gasteiger partial charge in [-0.2, -0.15) is 0 Å². The normalized spacial score (nSPS) is 29.6. The Morgan fingerprint density at radius 3 is 2.60 bits per heavy atom. The number of fused-ring (bicyclic) bond motifs is 1. The highest BCUT2D eigenvalue weighted by Crippen LogP contribution is 2.59. The van der Waals surface area contributed by atoms with Crippen LogP contribution in [0.3, 0.4) is 0 Å². The van der Waals surface area contributed by atoms with Crippen molar-refractivity contribution >= 4 is 15.9 Å². The maximum absolute atomic E-state index is 6.52. The highest BCUT2D eigenvalue weighted by atomic mass is 79.9. The van der Waals surface area contributed by atoms with Gasteiger partial charge in [0.15, 0.2) is 0 Å². The Morgan fingerprint density at radius 2 is 2.00 bits per heavy atom. The predicted octanol–water partition coefficient (Wildman–Crippen LogP) is 4.67. The van der Waals surface area contributed by atoms with Crippen LogP contribution in [-0.4, -0.2) is 6.61 Å². The zero-order valence-electron chi connectivity index (χ0n) is 12.1. The summed E-state index contributed by atoms with van der Waals surface area (Å²) in [5.41, 5.74) is 7.77. The second kappa shape index (κ2) is 6.07. The molecule has 2 saturated carbocycles. The fourth-order valence-corrected chi connectivity index (χ4v) is 4.37. The van der Waals surface area contributed by atoms with Gasteiger partial charge in [-0.25, -0.2) is 0 Å². The van der Waals surface area contributed by atoms with Gasteiger partial charge in [-0.3, -0.25) is 0 Å². The first-order chi connectivity index (χ1) is 9.72. The van der Waals surface area contributed by atoms with E-state index >= 15 is 0 Å². The minimum Gasteiger partial charge on any atom is -0.492 e. The quantitative estimate of drug-likeness (QED) is 0.846. The van der Waals surface area contributed by atoms with Crippen molar-refractivity contribution < 1.29 is 4.74 Å². The summed E-state index contributed by atoms with van der Waals surface area (Å²) in [5.74, 6) is 3.44. The number of halogens is 1. The topological polar surface area (TPSA) is 35.2 Å². The molecule has 3 rings (SSSR count). The predicted molar refractivity (Wildman–Crippen MR) is 85.8 cm³/mol. The van der Waals surface area contributed by atoms with Crippen molar-refractivity contribution in [3.63, 3.8) is 0 Å². The third-order valence-corrected chi connectivity index (χ3v) is 5.56. The molecule has 2 aliphatic rings. The first kappa shape index (κ1) is 14.4. The van der Waals surface area contributed by atoms with Crippen LogP contribution in [0.15, 0.2) is 22.7 Å². The van der Waals surface area contributed by atoms with Crippen LogP contribution in [-0.2, 0) is 0 Å². The van der Waals surface area contributed by atoms with Crippen LogP contribution in [0, 0.1) is 17.8 Å². The minimum atomic E-state index is 0.194. The summed E-state index contributed by atoms with van der Waals surface area (Å²) in [6, 6.07) is 6.55. The van der Waals surface area contributed by atoms with Crippen molar-refractivity contribution in [3.8, 4) is 5.75 Å². The second-order valence-electron chi connectivity index (χ2n) is 6.25. The van der Waals surface area contributed by atoms with Crippen molar-refractivity contribution in [2.45, 2.75) is 45.1 Å². The number of ether oxygens (including phenoxy) is 1. The lowest BCUT2D eigenvalue weighted by Gasteiger charge is -2.14. The third kappa shape index (κ3) is 2.75. The van der Waals surface area contributed by atoms with Gasteiger partial charge in [-0.15, -0.1) is 0 Å². The molecule has 0 amide bonds. The van der Waals surface area contributed by atoms with E-state index in [4.69, 9.17) is 10.5 Å². The Morgan fingerprint density at radius 1 is 1.30 bits per heavy atom. The molecule has 1 aromatic carbocycles. The molecule has 0 aliphatic heterocycles. The molecule has 0 aromatic heterocycles. The SMILES string of the molecule is CCCOc1ccc(C(N)C2C3CCCCC32)cc1Br. The van der Waals surface area contributed by atoms with Gasteiger partial charge in [-0.05, 0) is 70.6 Å². The van der Waals surface area contributed by atoms with E-state index in [1.165, 1.54) is 31.2 Å². The van der Waals surface area contributed by atoms with Crippen LogP contribution in [0.5, 0.6) is 5.75 Å². The first-order valence-corrected chi connectivity index (χ1v) is 8.69. The molecule has 2 fully saturated rings. The summed E-state index contributed by atoms with van der Waals surface area (Å²) in [6.07, 6.45) is 6.61. The van der Waals surface area contributed by atoms with Gasteiger partial charge in [0.1, 0.15) is 5.75 Å². The Balaban J connectivity index is 1.69. The highest BCUT2D eigenvalue weighted by molar-refractivity contribution is 9.10. The molecule has 0 heterocycles. The lowest BCUT2D eigenvalue weighted by molar-refractivity contribution is 0.315. The van der Waals surface area contributed by atoms with E-state index in [0.29, 0.717) is 5.92 Å². The van der Waals surface area contributed by atoms with Crippen molar-refractivity contribution in [3.05, 3.63) is 28.2 Å². The average Bonchev–Trinajstić information content (AvgIpc) is 3.19. The van der Waals surface area contributed by atoms with Crippen molar-refractivity contribution in [2.24, 2.45) is 23.5 Å². The number of hydrogen-bond donors (Lipinski definition) is 1. The van der Waals surface area contributed by atoms with E-state index in [1.54, 1.807) is 0 Å². The van der Waals surface area contributed by atoms with Crippen LogP contribution >= 0.6 is 15.9 Å². The van der Waals surface area contributed by atoms with Crippen LogP contribution in [0.4, 0.5) is 0 Å². The molecule has 0 saturated heterocycles. The fourth-order valence-electron chi connectivity index (χ4n) is 3.86. The van der Waals surface area contributed by atoms with E-state index in [2.05, 4.69) is 41.1 Å². The molecular formula is C17H24BrNO. The van der Waals surface area contributed by atoms with Gasteiger partial charge in [-0.1, -0.05) is 25.8 Å². The van der Waals surface area contributed by atoms with Crippen molar-refractivity contribution in [1.82, 2.24) is 0 Å². The molecule has 2 aliphatic carbocycles. The lowest BCUT2D eigenvalue weighted by atomic mass is 10.0. The van der Waals surface area contributed by atoms with Crippen LogP contribution in [0.25, 0.3) is 0 Å². The van der Waals surface area contributed by atoms with Crippen molar-refractivity contribution in [1.29, 1.82) is 0 Å². The lowest BCUT2D eigenvalue weighted by Crippen LogP contribution is -2.14. The van der Waals surface area contributed by atoms with E-state index in [9.17, 15) is 0 Å². The zero-order chi connectivity index (χ0) is 14.1. The molecule has 2 nitrogen and oxygen atoms in total. The number of rotatable bonds is 5. The molecule has 0 spiro atoms. The smallest absolute Gasteiger partial charge is 0.133 e. The summed E-state index contributed by atoms with van der Waals surface area (Å²) >= 11 is 3.61. The second-order valence-corrected chi connectivity index (χ2v) is 7.11. The molecule has 3 unspecified atom stereocenters. The molecule has 110 valence electrons. The summed E-state index contributed by atoms with van der Waals surface area (Å²) < 4.78 is 6.73. The van der Waals surface area contributed by atoms with Gasteiger partial charge in [0.05, 0.1) is 11.1 Å². The van der Waals surface area contributed by atoms with Crippen LogP contribution in [0.2, 0.25) is 0 Å². The molecule has 2 N–H and O–H groups in total. The summed E-state index contributed by atoms with van der Waals surface area (Å²) in [7, 11) is 0. The van der Waals surface area contributed by atoms with Gasteiger partial charge in [0, 0.05) is 6.04 Å². The number of benzene rings is 1. The summed E-state index contributed by atoms with van der Waals surface area (Å²) in [4.78, 5) is 0. The Kier molecular flexibility index (Phi) is 4.37. The summed E-state index contributed by atoms with van der Waals surface area (Å²) in [6.45, 7) is 2.88. The highest BCUT2D eigenvalue weighted by Gasteiger charge is 2.53. The Labute approximate surface area is 130 Å². The molecule has 3 atom stereocenters. The van der Waals surface area contributed by atoms with Gasteiger partial charge >= 0.3 is 0 Å². The maximum Gasteiger partial charge on any atom is 0.133 e. The summed E-state index contributed by atoms with van der Waals surface area (Å²) in [5, 5.41) is 0. The van der Waals surface area contributed by atoms with Crippen molar-refractivity contribution in [2.75, 3.05) is 6.61 Å². The molecular weight excluding hydrogens is 314 g/mol. The Bertz CT molecular complexity index is 464. The van der Waals surface area contributed by atoms with E-state index < -0.39 is 0 Å². The largest absolute Gasteiger partial charge is 0.492 e. The average molecular weight is 338 g/mol. The molecule has 3 heteroatoms. The molecule has 1 aromatic rings. The molecule has 0 radical (unpaired) electrons. The maximum atomic E-state index is 6.52. The van der Waals surface area contributed by atoms with E-state index in [0.717, 1.165) is 35.1 Å². The third-order valence-electron chi connectivity index (χ3n) is 4.94. The number of hydrogen-bond acceptors (Lipinski definition) is 2. The van der Waals surface area contributed by atoms with Crippen LogP contribution < -0.4 is 10.5 Å². The standard InChI is InChI=1S/C17H24BrNO/c1-2-9-20-15-8-7-11(10-14(15)18)17(19)16-12-5-3-4-6-13(12)16/h7-8,10,12-13,16-17H,2-6,9,19H2,1H3. The molecule has 20 heavy (non-hydrogen) atoms. The van der Waals surface area contributed by atoms with E-state index in [-0.39, 0.29) is 6.04 Å². The van der Waals surface area contributed by atoms with Crippen LogP contribution in [0.1, 0.15) is 50.6 Å². The first-order valence-electron chi connectivity index (χ1n) is 7.90. The minimum absolute atomic E-state index is 0.194. The van der Waals surface area contributed by atoms with Gasteiger partial charge < -0.3 is 10.5 Å².